The fourth-order valence-corrected chi connectivity index (χ4v) is 3.45. The lowest BCUT2D eigenvalue weighted by atomic mass is 9.96. The van der Waals surface area contributed by atoms with Crippen LogP contribution in [-0.4, -0.2) is 37.1 Å². The monoisotopic (exact) mass is 272 g/mol. The van der Waals surface area contributed by atoms with Gasteiger partial charge < -0.3 is 9.88 Å². The first-order valence-electron chi connectivity index (χ1n) is 6.13. The zero-order chi connectivity index (χ0) is 13.3. The molecule has 2 N–H and O–H groups in total. The maximum atomic E-state index is 12.2. The van der Waals surface area contributed by atoms with Crippen molar-refractivity contribution < 1.29 is 8.42 Å². The molecular formula is C11H20N4O2S. The van der Waals surface area contributed by atoms with Crippen molar-refractivity contribution in [3.8, 4) is 0 Å². The summed E-state index contributed by atoms with van der Waals surface area (Å²) < 4.78 is 28.8. The summed E-state index contributed by atoms with van der Waals surface area (Å²) in [6, 6.07) is -0.0638. The Kier molecular flexibility index (Phi) is 3.74. The minimum absolute atomic E-state index is 0.0638. The van der Waals surface area contributed by atoms with E-state index in [2.05, 4.69) is 21.9 Å². The molecule has 1 aromatic rings. The molecule has 102 valence electrons. The van der Waals surface area contributed by atoms with Crippen LogP contribution >= 0.6 is 0 Å². The van der Waals surface area contributed by atoms with Gasteiger partial charge in [-0.05, 0) is 25.8 Å². The molecule has 1 aliphatic heterocycles. The van der Waals surface area contributed by atoms with Crippen LogP contribution in [-0.2, 0) is 17.1 Å². The van der Waals surface area contributed by atoms with Gasteiger partial charge in [-0.25, -0.2) is 18.1 Å². The van der Waals surface area contributed by atoms with Crippen molar-refractivity contribution in [1.82, 2.24) is 19.6 Å². The van der Waals surface area contributed by atoms with E-state index >= 15 is 0 Å². The van der Waals surface area contributed by atoms with E-state index in [4.69, 9.17) is 0 Å². The van der Waals surface area contributed by atoms with Crippen LogP contribution in [0.5, 0.6) is 0 Å². The second-order valence-corrected chi connectivity index (χ2v) is 6.60. The number of aromatic nitrogens is 2. The summed E-state index contributed by atoms with van der Waals surface area (Å²) in [5, 5.41) is 3.30. The Bertz CT molecular complexity index is 504. The Hall–Kier alpha value is -0.920. The molecule has 2 rings (SSSR count). The van der Waals surface area contributed by atoms with Crippen molar-refractivity contribution in [2.45, 2.75) is 31.3 Å². The van der Waals surface area contributed by atoms with Crippen LogP contribution in [0.15, 0.2) is 11.2 Å². The number of aryl methyl sites for hydroxylation is 2. The normalized spacial score (nSPS) is 25.3. The van der Waals surface area contributed by atoms with E-state index in [-0.39, 0.29) is 11.1 Å². The molecule has 0 unspecified atom stereocenters. The third-order valence-electron chi connectivity index (χ3n) is 3.50. The Balaban J connectivity index is 2.16. The number of imidazole rings is 1. The summed E-state index contributed by atoms with van der Waals surface area (Å²) in [5.41, 5.74) is 0. The standard InChI is InChI=1S/C11H20N4O2S/c1-8-4-5-12-6-10(8)14-18(16,17)11-7-15(3)9(2)13-11/h7-8,10,12,14H,4-6H2,1-3H3/t8-,10-/m1/s1. The molecule has 0 aliphatic carbocycles. The van der Waals surface area contributed by atoms with Crippen LogP contribution in [0.3, 0.4) is 0 Å². The van der Waals surface area contributed by atoms with Gasteiger partial charge in [0.05, 0.1) is 0 Å². The highest BCUT2D eigenvalue weighted by molar-refractivity contribution is 7.89. The lowest BCUT2D eigenvalue weighted by Gasteiger charge is -2.29. The van der Waals surface area contributed by atoms with Crippen LogP contribution in [0, 0.1) is 12.8 Å². The quantitative estimate of drug-likeness (QED) is 0.812. The molecule has 6 nitrogen and oxygen atoms in total. The van der Waals surface area contributed by atoms with Gasteiger partial charge in [0.25, 0.3) is 10.0 Å². The Morgan fingerprint density at radius 2 is 2.28 bits per heavy atom. The van der Waals surface area contributed by atoms with E-state index in [0.717, 1.165) is 13.0 Å². The number of piperidine rings is 1. The third kappa shape index (κ3) is 2.73. The van der Waals surface area contributed by atoms with Crippen molar-refractivity contribution in [3.05, 3.63) is 12.0 Å². The van der Waals surface area contributed by atoms with Gasteiger partial charge in [-0.3, -0.25) is 0 Å². The van der Waals surface area contributed by atoms with Gasteiger partial charge >= 0.3 is 0 Å². The van der Waals surface area contributed by atoms with Crippen LogP contribution in [0.2, 0.25) is 0 Å². The van der Waals surface area contributed by atoms with Gasteiger partial charge in [-0.1, -0.05) is 6.92 Å². The lowest BCUT2D eigenvalue weighted by molar-refractivity contribution is 0.327. The highest BCUT2D eigenvalue weighted by Gasteiger charge is 2.28. The number of sulfonamides is 1. The van der Waals surface area contributed by atoms with Gasteiger partial charge in [0.2, 0.25) is 0 Å². The molecule has 0 bridgehead atoms. The molecule has 0 spiro atoms. The first-order chi connectivity index (χ1) is 8.40. The van der Waals surface area contributed by atoms with Gasteiger partial charge in [-0.15, -0.1) is 0 Å². The third-order valence-corrected chi connectivity index (χ3v) is 4.86. The van der Waals surface area contributed by atoms with E-state index in [9.17, 15) is 8.42 Å². The Labute approximate surface area is 108 Å². The van der Waals surface area contributed by atoms with E-state index in [0.29, 0.717) is 18.3 Å². The number of hydrogen-bond acceptors (Lipinski definition) is 4. The maximum Gasteiger partial charge on any atom is 0.259 e. The van der Waals surface area contributed by atoms with Gasteiger partial charge in [0, 0.05) is 25.8 Å². The zero-order valence-corrected chi connectivity index (χ0v) is 11.8. The van der Waals surface area contributed by atoms with Crippen molar-refractivity contribution in [2.75, 3.05) is 13.1 Å². The van der Waals surface area contributed by atoms with Crippen LogP contribution < -0.4 is 10.0 Å². The molecule has 0 amide bonds. The largest absolute Gasteiger partial charge is 0.337 e. The summed E-state index contributed by atoms with van der Waals surface area (Å²) in [4.78, 5) is 4.06. The molecule has 7 heteroatoms. The van der Waals surface area contributed by atoms with Gasteiger partial charge in [0.15, 0.2) is 5.03 Å². The summed E-state index contributed by atoms with van der Waals surface area (Å²) >= 11 is 0. The molecular weight excluding hydrogens is 252 g/mol. The van der Waals surface area contributed by atoms with Crippen molar-refractivity contribution in [2.24, 2.45) is 13.0 Å². The molecule has 0 radical (unpaired) electrons. The lowest BCUT2D eigenvalue weighted by Crippen LogP contribution is -2.50. The number of nitrogens with zero attached hydrogens (tertiary/aromatic N) is 2. The second-order valence-electron chi connectivity index (χ2n) is 4.94. The summed E-state index contributed by atoms with van der Waals surface area (Å²) in [7, 11) is -1.73. The number of rotatable bonds is 3. The SMILES string of the molecule is Cc1nc(S(=O)(=O)N[C@@H]2CNCC[C@H]2C)cn1C. The summed E-state index contributed by atoms with van der Waals surface area (Å²) in [6.45, 7) is 5.47. The van der Waals surface area contributed by atoms with E-state index in [1.54, 1.807) is 24.7 Å². The summed E-state index contributed by atoms with van der Waals surface area (Å²) in [6.07, 6.45) is 2.52. The highest BCUT2D eigenvalue weighted by Crippen LogP contribution is 2.15. The molecule has 0 saturated carbocycles. The molecule has 0 aromatic carbocycles. The topological polar surface area (TPSA) is 76.0 Å². The number of hydrogen-bond donors (Lipinski definition) is 2. The molecule has 2 atom stereocenters. The molecule has 1 saturated heterocycles. The Morgan fingerprint density at radius 3 is 2.83 bits per heavy atom. The van der Waals surface area contributed by atoms with Crippen molar-refractivity contribution in [1.29, 1.82) is 0 Å². The van der Waals surface area contributed by atoms with Crippen molar-refractivity contribution >= 4 is 10.0 Å². The molecule has 1 aliphatic rings. The number of nitrogens with one attached hydrogen (secondary N) is 2. The minimum atomic E-state index is -3.52. The average Bonchev–Trinajstić information content (AvgIpc) is 2.63. The fraction of sp³-hybridized carbons (Fsp3) is 0.727. The van der Waals surface area contributed by atoms with E-state index in [1.807, 2.05) is 0 Å². The predicted molar refractivity (Wildman–Crippen MR) is 68.7 cm³/mol. The highest BCUT2D eigenvalue weighted by atomic mass is 32.2. The Morgan fingerprint density at radius 1 is 1.56 bits per heavy atom. The average molecular weight is 272 g/mol. The second kappa shape index (κ2) is 4.99. The fourth-order valence-electron chi connectivity index (χ4n) is 2.06. The molecule has 18 heavy (non-hydrogen) atoms. The first kappa shape index (κ1) is 13.5. The zero-order valence-electron chi connectivity index (χ0n) is 11.0. The maximum absolute atomic E-state index is 12.2. The van der Waals surface area contributed by atoms with Crippen LogP contribution in [0.1, 0.15) is 19.2 Å². The van der Waals surface area contributed by atoms with Crippen molar-refractivity contribution in [3.63, 3.8) is 0 Å². The van der Waals surface area contributed by atoms with E-state index < -0.39 is 10.0 Å². The van der Waals surface area contributed by atoms with E-state index in [1.165, 1.54) is 0 Å². The molecule has 2 heterocycles. The summed E-state index contributed by atoms with van der Waals surface area (Å²) in [5.74, 6) is 1.02. The van der Waals surface area contributed by atoms with Crippen LogP contribution in [0.4, 0.5) is 0 Å². The molecule has 1 fully saturated rings. The minimum Gasteiger partial charge on any atom is -0.337 e. The van der Waals surface area contributed by atoms with Crippen LogP contribution in [0.25, 0.3) is 0 Å². The smallest absolute Gasteiger partial charge is 0.259 e. The van der Waals surface area contributed by atoms with Gasteiger partial charge in [-0.2, -0.15) is 0 Å². The predicted octanol–water partition coefficient (Wildman–Crippen LogP) is 0.00482. The first-order valence-corrected chi connectivity index (χ1v) is 7.61. The van der Waals surface area contributed by atoms with Gasteiger partial charge in [0.1, 0.15) is 5.82 Å². The molecule has 1 aromatic heterocycles.